The Morgan fingerprint density at radius 1 is 1.47 bits per heavy atom. The van der Waals surface area contributed by atoms with Gasteiger partial charge in [-0.15, -0.1) is 0 Å². The van der Waals surface area contributed by atoms with Gasteiger partial charge in [-0.1, -0.05) is 6.92 Å². The van der Waals surface area contributed by atoms with Gasteiger partial charge in [0.05, 0.1) is 4.92 Å². The second kappa shape index (κ2) is 4.61. The Hall–Kier alpha value is -1.78. The highest BCUT2D eigenvalue weighted by atomic mass is 16.6. The van der Waals surface area contributed by atoms with Gasteiger partial charge in [0.1, 0.15) is 5.69 Å². The number of nitrogens with two attached hydrogens (primary N) is 1. The normalized spacial score (nSPS) is 11.3. The highest BCUT2D eigenvalue weighted by molar-refractivity contribution is 5.67. The van der Waals surface area contributed by atoms with Crippen LogP contribution in [0.15, 0.2) is 18.2 Å². The molecule has 0 fully saturated rings. The van der Waals surface area contributed by atoms with Crippen LogP contribution in [0.4, 0.5) is 17.1 Å². The molecule has 17 heavy (non-hydrogen) atoms. The van der Waals surface area contributed by atoms with E-state index in [0.717, 1.165) is 12.1 Å². The Balaban J connectivity index is 3.10. The minimum absolute atomic E-state index is 0.0113. The zero-order chi connectivity index (χ0) is 13.2. The molecule has 1 rings (SSSR count). The van der Waals surface area contributed by atoms with Gasteiger partial charge in [0, 0.05) is 24.3 Å². The molecule has 0 unspecified atom stereocenters. The Labute approximate surface area is 101 Å². The van der Waals surface area contributed by atoms with Crippen molar-refractivity contribution in [3.05, 3.63) is 28.3 Å². The molecule has 0 amide bonds. The molecule has 0 atom stereocenters. The maximum Gasteiger partial charge on any atom is 0.292 e. The summed E-state index contributed by atoms with van der Waals surface area (Å²) < 4.78 is 0. The van der Waals surface area contributed by atoms with Gasteiger partial charge in [-0.2, -0.15) is 0 Å². The molecular weight excluding hydrogens is 218 g/mol. The summed E-state index contributed by atoms with van der Waals surface area (Å²) in [6.07, 6.45) is 0.973. The predicted octanol–water partition coefficient (Wildman–Crippen LogP) is 2.80. The minimum Gasteiger partial charge on any atom is -0.393 e. The van der Waals surface area contributed by atoms with Crippen molar-refractivity contribution in [1.29, 1.82) is 0 Å². The highest BCUT2D eigenvalue weighted by Crippen LogP contribution is 2.30. The summed E-state index contributed by atoms with van der Waals surface area (Å²) in [5.74, 6) is 0. The van der Waals surface area contributed by atoms with Crippen LogP contribution in [0.25, 0.3) is 0 Å². The van der Waals surface area contributed by atoms with Gasteiger partial charge in [-0.25, -0.2) is 0 Å². The fourth-order valence-corrected chi connectivity index (χ4v) is 1.50. The van der Waals surface area contributed by atoms with Crippen molar-refractivity contribution in [3.63, 3.8) is 0 Å². The van der Waals surface area contributed by atoms with Crippen LogP contribution in [0.3, 0.4) is 0 Å². The van der Waals surface area contributed by atoms with E-state index < -0.39 is 4.92 Å². The standard InChI is InChI=1S/C12H19N3O2/c1-5-12(2,3)14(4)9-6-7-11(15(16)17)10(13)8-9/h6-8H,5,13H2,1-4H3. The van der Waals surface area contributed by atoms with Gasteiger partial charge in [0.25, 0.3) is 5.69 Å². The molecule has 0 aliphatic rings. The first kappa shape index (κ1) is 13.3. The molecule has 0 aliphatic heterocycles. The molecule has 1 aromatic rings. The molecule has 1 aromatic carbocycles. The predicted molar refractivity (Wildman–Crippen MR) is 70.3 cm³/mol. The number of nitro benzene ring substituents is 1. The molecule has 0 spiro atoms. The lowest BCUT2D eigenvalue weighted by molar-refractivity contribution is -0.383. The molecule has 2 N–H and O–H groups in total. The van der Waals surface area contributed by atoms with E-state index in [4.69, 9.17) is 5.73 Å². The smallest absolute Gasteiger partial charge is 0.292 e. The van der Waals surface area contributed by atoms with Crippen molar-refractivity contribution >= 4 is 17.1 Å². The van der Waals surface area contributed by atoms with Crippen LogP contribution in [-0.2, 0) is 0 Å². The average Bonchev–Trinajstić information content (AvgIpc) is 2.27. The molecule has 0 bridgehead atoms. The van der Waals surface area contributed by atoms with Gasteiger partial charge in [0.15, 0.2) is 0 Å². The van der Waals surface area contributed by atoms with E-state index in [2.05, 4.69) is 25.7 Å². The highest BCUT2D eigenvalue weighted by Gasteiger charge is 2.22. The third-order valence-electron chi connectivity index (χ3n) is 3.37. The lowest BCUT2D eigenvalue weighted by Gasteiger charge is -2.36. The lowest BCUT2D eigenvalue weighted by atomic mass is 9.99. The monoisotopic (exact) mass is 237 g/mol. The molecular formula is C12H19N3O2. The number of nitro groups is 1. The SMILES string of the molecule is CCC(C)(C)N(C)c1ccc([N+](=O)[O-])c(N)c1. The van der Waals surface area contributed by atoms with Crippen LogP contribution < -0.4 is 10.6 Å². The van der Waals surface area contributed by atoms with E-state index in [0.29, 0.717) is 0 Å². The quantitative estimate of drug-likeness (QED) is 0.496. The second-order valence-corrected chi connectivity index (χ2v) is 4.73. The summed E-state index contributed by atoms with van der Waals surface area (Å²) in [5, 5.41) is 10.7. The summed E-state index contributed by atoms with van der Waals surface area (Å²) in [7, 11) is 1.96. The zero-order valence-electron chi connectivity index (χ0n) is 10.7. The lowest BCUT2D eigenvalue weighted by Crippen LogP contribution is -2.40. The summed E-state index contributed by atoms with van der Waals surface area (Å²) in [6.45, 7) is 6.33. The first-order valence-electron chi connectivity index (χ1n) is 5.57. The van der Waals surface area contributed by atoms with Gasteiger partial charge >= 0.3 is 0 Å². The Kier molecular flexibility index (Phi) is 3.60. The third kappa shape index (κ3) is 2.67. The zero-order valence-corrected chi connectivity index (χ0v) is 10.7. The third-order valence-corrected chi connectivity index (χ3v) is 3.37. The number of rotatable bonds is 4. The first-order chi connectivity index (χ1) is 7.79. The minimum atomic E-state index is -0.468. The Morgan fingerprint density at radius 3 is 2.47 bits per heavy atom. The van der Waals surface area contributed by atoms with E-state index in [1.807, 2.05) is 7.05 Å². The number of hydrogen-bond donors (Lipinski definition) is 1. The van der Waals surface area contributed by atoms with Crippen LogP contribution in [0.2, 0.25) is 0 Å². The van der Waals surface area contributed by atoms with Crippen molar-refractivity contribution in [2.24, 2.45) is 0 Å². The van der Waals surface area contributed by atoms with E-state index in [1.165, 1.54) is 6.07 Å². The average molecular weight is 237 g/mol. The number of anilines is 2. The van der Waals surface area contributed by atoms with Crippen LogP contribution in [0.1, 0.15) is 27.2 Å². The summed E-state index contributed by atoms with van der Waals surface area (Å²) in [5.41, 5.74) is 6.71. The summed E-state index contributed by atoms with van der Waals surface area (Å²) in [4.78, 5) is 12.3. The Morgan fingerprint density at radius 2 is 2.06 bits per heavy atom. The van der Waals surface area contributed by atoms with E-state index in [-0.39, 0.29) is 16.9 Å². The number of nitrogens with zero attached hydrogens (tertiary/aromatic N) is 2. The van der Waals surface area contributed by atoms with E-state index >= 15 is 0 Å². The van der Waals surface area contributed by atoms with Crippen molar-refractivity contribution in [2.45, 2.75) is 32.7 Å². The van der Waals surface area contributed by atoms with Gasteiger partial charge in [0.2, 0.25) is 0 Å². The molecule has 5 nitrogen and oxygen atoms in total. The molecule has 0 saturated heterocycles. The molecule has 0 radical (unpaired) electrons. The maximum atomic E-state index is 10.7. The fourth-order valence-electron chi connectivity index (χ4n) is 1.50. The second-order valence-electron chi connectivity index (χ2n) is 4.73. The summed E-state index contributed by atoms with van der Waals surface area (Å²) >= 11 is 0. The van der Waals surface area contributed by atoms with E-state index in [1.54, 1.807) is 12.1 Å². The topological polar surface area (TPSA) is 72.4 Å². The van der Waals surface area contributed by atoms with Crippen molar-refractivity contribution < 1.29 is 4.92 Å². The molecule has 0 aromatic heterocycles. The summed E-state index contributed by atoms with van der Waals surface area (Å²) in [6, 6.07) is 4.83. The van der Waals surface area contributed by atoms with Gasteiger partial charge in [-0.05, 0) is 32.4 Å². The number of hydrogen-bond acceptors (Lipinski definition) is 4. The van der Waals surface area contributed by atoms with Crippen molar-refractivity contribution in [3.8, 4) is 0 Å². The van der Waals surface area contributed by atoms with Crippen molar-refractivity contribution in [2.75, 3.05) is 17.7 Å². The first-order valence-corrected chi connectivity index (χ1v) is 5.57. The fraction of sp³-hybridized carbons (Fsp3) is 0.500. The molecule has 5 heteroatoms. The van der Waals surface area contributed by atoms with E-state index in [9.17, 15) is 10.1 Å². The van der Waals surface area contributed by atoms with Crippen LogP contribution >= 0.6 is 0 Å². The van der Waals surface area contributed by atoms with Crippen LogP contribution in [0, 0.1) is 10.1 Å². The largest absolute Gasteiger partial charge is 0.393 e. The molecule has 0 aliphatic carbocycles. The van der Waals surface area contributed by atoms with Gasteiger partial charge in [-0.3, -0.25) is 10.1 Å². The molecule has 0 heterocycles. The van der Waals surface area contributed by atoms with Crippen molar-refractivity contribution in [1.82, 2.24) is 0 Å². The number of nitrogen functional groups attached to an aromatic ring is 1. The molecule has 94 valence electrons. The maximum absolute atomic E-state index is 10.7. The Bertz CT molecular complexity index is 430. The van der Waals surface area contributed by atoms with Crippen LogP contribution in [0.5, 0.6) is 0 Å². The molecule has 0 saturated carbocycles. The van der Waals surface area contributed by atoms with Crippen LogP contribution in [-0.4, -0.2) is 17.5 Å². The number of benzene rings is 1. The van der Waals surface area contributed by atoms with Gasteiger partial charge < -0.3 is 10.6 Å².